The quantitative estimate of drug-likeness (QED) is 0.470. The summed E-state index contributed by atoms with van der Waals surface area (Å²) in [5, 5.41) is 22.4. The van der Waals surface area contributed by atoms with E-state index in [-0.39, 0.29) is 12.2 Å². The van der Waals surface area contributed by atoms with Gasteiger partial charge in [-0.25, -0.2) is 28.9 Å². The molecule has 2 aliphatic heterocycles. The number of rotatable bonds is 5. The summed E-state index contributed by atoms with van der Waals surface area (Å²) in [7, 11) is 0. The van der Waals surface area contributed by atoms with Crippen molar-refractivity contribution in [3.05, 3.63) is 60.5 Å². The predicted octanol–water partition coefficient (Wildman–Crippen LogP) is 1.33. The number of aliphatic carboxylic acids is 2. The summed E-state index contributed by atoms with van der Waals surface area (Å²) < 4.78 is 18.9. The van der Waals surface area contributed by atoms with Crippen LogP contribution in [-0.2, 0) is 9.59 Å². The van der Waals surface area contributed by atoms with Gasteiger partial charge in [-0.2, -0.15) is 0 Å². The van der Waals surface area contributed by atoms with Crippen LogP contribution in [0.5, 0.6) is 5.75 Å². The molecular formula is C22H25FN6O5. The zero-order chi connectivity index (χ0) is 24.5. The second-order valence-electron chi connectivity index (χ2n) is 7.36. The molecule has 2 atom stereocenters. The molecule has 4 rings (SSSR count). The fourth-order valence-electron chi connectivity index (χ4n) is 3.45. The van der Waals surface area contributed by atoms with Crippen LogP contribution < -0.4 is 15.4 Å². The SMILES string of the molecule is CC(NC1=Nc2ccccc2OC1)N1CCNCC1c1ncc(F)cn1.O=C(O)C=CC(=O)O. The molecule has 1 fully saturated rings. The molecule has 2 unspecified atom stereocenters. The minimum Gasteiger partial charge on any atom is -0.483 e. The van der Waals surface area contributed by atoms with Gasteiger partial charge in [0.15, 0.2) is 5.82 Å². The number of amidine groups is 1. The first-order valence-corrected chi connectivity index (χ1v) is 10.5. The fourth-order valence-corrected chi connectivity index (χ4v) is 3.45. The molecule has 1 saturated heterocycles. The summed E-state index contributed by atoms with van der Waals surface area (Å²) in [4.78, 5) is 34.3. The smallest absolute Gasteiger partial charge is 0.328 e. The average Bonchev–Trinajstić information content (AvgIpc) is 2.83. The highest BCUT2D eigenvalue weighted by atomic mass is 19.1. The van der Waals surface area contributed by atoms with Crippen LogP contribution >= 0.6 is 0 Å². The highest BCUT2D eigenvalue weighted by molar-refractivity contribution is 5.89. The molecule has 2 aromatic rings. The zero-order valence-corrected chi connectivity index (χ0v) is 18.4. The van der Waals surface area contributed by atoms with Crippen molar-refractivity contribution in [2.45, 2.75) is 19.1 Å². The van der Waals surface area contributed by atoms with Gasteiger partial charge in [-0.3, -0.25) is 4.90 Å². The van der Waals surface area contributed by atoms with Gasteiger partial charge in [0.2, 0.25) is 0 Å². The number of hydrogen-bond acceptors (Lipinski definition) is 9. The molecule has 0 radical (unpaired) electrons. The van der Waals surface area contributed by atoms with E-state index in [1.807, 2.05) is 24.3 Å². The number of para-hydroxylation sites is 2. The molecule has 0 amide bonds. The largest absolute Gasteiger partial charge is 0.483 e. The van der Waals surface area contributed by atoms with Gasteiger partial charge in [-0.1, -0.05) is 12.1 Å². The maximum absolute atomic E-state index is 13.1. The number of ether oxygens (including phenoxy) is 1. The molecule has 2 aliphatic rings. The molecule has 12 heteroatoms. The highest BCUT2D eigenvalue weighted by Crippen LogP contribution is 2.29. The normalized spacial score (nSPS) is 18.5. The van der Waals surface area contributed by atoms with Crippen molar-refractivity contribution in [2.24, 2.45) is 4.99 Å². The standard InChI is InChI=1S/C18H21FN6O.C4H4O4/c1-12(23-17-11-26-16-5-3-2-4-14(16)24-17)25-7-6-20-10-15(25)18-21-8-13(19)9-22-18;5-3(6)1-2-4(7)8/h2-5,8-9,12,15,20H,6-7,10-11H2,1H3,(H,23,24);1-2H,(H,5,6)(H,7,8). The first-order chi connectivity index (χ1) is 16.3. The van der Waals surface area contributed by atoms with Crippen LogP contribution in [0.2, 0.25) is 0 Å². The fraction of sp³-hybridized carbons (Fsp3) is 0.318. The number of carboxylic acid groups (broad SMARTS) is 2. The number of aromatic nitrogens is 2. The third-order valence-corrected chi connectivity index (χ3v) is 4.95. The van der Waals surface area contributed by atoms with Crippen molar-refractivity contribution in [3.63, 3.8) is 0 Å². The Bertz CT molecular complexity index is 1050. The van der Waals surface area contributed by atoms with Crippen molar-refractivity contribution in [3.8, 4) is 5.75 Å². The molecule has 11 nitrogen and oxygen atoms in total. The van der Waals surface area contributed by atoms with Gasteiger partial charge in [0.05, 0.1) is 24.6 Å². The number of fused-ring (bicyclic) bond motifs is 1. The monoisotopic (exact) mass is 472 g/mol. The third kappa shape index (κ3) is 7.05. The van der Waals surface area contributed by atoms with E-state index < -0.39 is 17.8 Å². The minimum atomic E-state index is -1.26. The van der Waals surface area contributed by atoms with E-state index in [4.69, 9.17) is 14.9 Å². The molecule has 0 aliphatic carbocycles. The summed E-state index contributed by atoms with van der Waals surface area (Å²) in [6.45, 7) is 4.89. The van der Waals surface area contributed by atoms with E-state index in [1.165, 1.54) is 12.4 Å². The van der Waals surface area contributed by atoms with Crippen LogP contribution in [0.3, 0.4) is 0 Å². The van der Waals surface area contributed by atoms with E-state index in [1.54, 1.807) is 0 Å². The van der Waals surface area contributed by atoms with Crippen molar-refractivity contribution in [1.82, 2.24) is 25.5 Å². The van der Waals surface area contributed by atoms with Gasteiger partial charge in [0.25, 0.3) is 0 Å². The molecule has 34 heavy (non-hydrogen) atoms. The summed E-state index contributed by atoms with van der Waals surface area (Å²) in [5.74, 6) is -0.749. The Morgan fingerprint density at radius 1 is 1.24 bits per heavy atom. The molecule has 3 heterocycles. The lowest BCUT2D eigenvalue weighted by Crippen LogP contribution is -2.56. The molecule has 0 saturated carbocycles. The van der Waals surface area contributed by atoms with Crippen molar-refractivity contribution in [2.75, 3.05) is 26.2 Å². The summed E-state index contributed by atoms with van der Waals surface area (Å²) in [6.07, 6.45) is 3.54. The number of halogens is 1. The Labute approximate surface area is 195 Å². The van der Waals surface area contributed by atoms with Crippen molar-refractivity contribution < 1.29 is 28.9 Å². The van der Waals surface area contributed by atoms with Gasteiger partial charge >= 0.3 is 11.9 Å². The topological polar surface area (TPSA) is 149 Å². The molecule has 4 N–H and O–H groups in total. The molecule has 1 aromatic heterocycles. The van der Waals surface area contributed by atoms with Gasteiger partial charge in [0.1, 0.15) is 29.7 Å². The average molecular weight is 472 g/mol. The van der Waals surface area contributed by atoms with Crippen LogP contribution in [0.25, 0.3) is 0 Å². The first kappa shape index (κ1) is 24.7. The van der Waals surface area contributed by atoms with Gasteiger partial charge < -0.3 is 25.6 Å². The summed E-state index contributed by atoms with van der Waals surface area (Å²) >= 11 is 0. The second-order valence-corrected chi connectivity index (χ2v) is 7.36. The third-order valence-electron chi connectivity index (χ3n) is 4.95. The van der Waals surface area contributed by atoms with Crippen LogP contribution in [0.4, 0.5) is 10.1 Å². The molecule has 180 valence electrons. The predicted molar refractivity (Wildman–Crippen MR) is 120 cm³/mol. The molecule has 1 aromatic carbocycles. The Morgan fingerprint density at radius 3 is 2.59 bits per heavy atom. The lowest BCUT2D eigenvalue weighted by molar-refractivity contribution is -0.134. The number of benzene rings is 1. The van der Waals surface area contributed by atoms with Crippen molar-refractivity contribution in [1.29, 1.82) is 0 Å². The maximum Gasteiger partial charge on any atom is 0.328 e. The lowest BCUT2D eigenvalue weighted by atomic mass is 10.1. The molecule has 0 bridgehead atoms. The summed E-state index contributed by atoms with van der Waals surface area (Å²) in [6, 6.07) is 7.68. The Kier molecular flexibility index (Phi) is 8.60. The van der Waals surface area contributed by atoms with E-state index in [0.29, 0.717) is 31.1 Å². The van der Waals surface area contributed by atoms with Gasteiger partial charge in [0, 0.05) is 31.8 Å². The van der Waals surface area contributed by atoms with Crippen LogP contribution in [-0.4, -0.2) is 75.3 Å². The number of piperazine rings is 1. The Morgan fingerprint density at radius 2 is 1.91 bits per heavy atom. The molecular weight excluding hydrogens is 447 g/mol. The lowest BCUT2D eigenvalue weighted by Gasteiger charge is -2.40. The van der Waals surface area contributed by atoms with Crippen LogP contribution in [0.1, 0.15) is 18.8 Å². The zero-order valence-electron chi connectivity index (χ0n) is 18.4. The molecule has 0 spiro atoms. The Balaban J connectivity index is 0.000000350. The van der Waals surface area contributed by atoms with Gasteiger partial charge in [-0.15, -0.1) is 0 Å². The van der Waals surface area contributed by atoms with E-state index in [9.17, 15) is 14.0 Å². The number of aliphatic imine (C=N–C) groups is 1. The number of carboxylic acids is 2. The van der Waals surface area contributed by atoms with Gasteiger partial charge in [-0.05, 0) is 19.1 Å². The van der Waals surface area contributed by atoms with E-state index in [0.717, 1.165) is 30.4 Å². The second kappa shape index (κ2) is 11.8. The van der Waals surface area contributed by atoms with E-state index in [2.05, 4.69) is 37.4 Å². The minimum absolute atomic E-state index is 0.00312. The van der Waals surface area contributed by atoms with E-state index >= 15 is 0 Å². The van der Waals surface area contributed by atoms with Crippen molar-refractivity contribution >= 4 is 23.5 Å². The Hall–Kier alpha value is -3.90. The first-order valence-electron chi connectivity index (χ1n) is 10.5. The highest BCUT2D eigenvalue weighted by Gasteiger charge is 2.30. The number of nitrogens with one attached hydrogen (secondary N) is 2. The number of hydrogen-bond donors (Lipinski definition) is 4. The van der Waals surface area contributed by atoms with Crippen LogP contribution in [0, 0.1) is 5.82 Å². The number of nitrogens with zero attached hydrogens (tertiary/aromatic N) is 4. The summed E-state index contributed by atoms with van der Waals surface area (Å²) in [5.41, 5.74) is 0.826. The maximum atomic E-state index is 13.1. The number of carbonyl (C=O) groups is 2. The van der Waals surface area contributed by atoms with Crippen LogP contribution in [0.15, 0.2) is 53.8 Å².